The smallest absolute Gasteiger partial charge is 0.0455 e. The van der Waals surface area contributed by atoms with E-state index in [0.717, 1.165) is 32.4 Å². The van der Waals surface area contributed by atoms with E-state index in [1.165, 1.54) is 49.7 Å². The third-order valence-corrected chi connectivity index (χ3v) is 8.12. The molecule has 0 nitrogen and oxygen atoms in total. The molecule has 0 saturated heterocycles. The molecule has 1 heteroatoms. The van der Waals surface area contributed by atoms with Gasteiger partial charge in [0.25, 0.3) is 0 Å². The number of hydrogen-bond acceptors (Lipinski definition) is 0. The summed E-state index contributed by atoms with van der Waals surface area (Å²) in [6.45, 7) is 0. The fraction of sp³-hybridized carbons (Fsp3) is 0.417. The summed E-state index contributed by atoms with van der Waals surface area (Å²) >= 11 is 0. The van der Waals surface area contributed by atoms with E-state index < -0.39 is 0 Å². The minimum atomic E-state index is 0.887. The molecule has 2 aliphatic rings. The highest BCUT2D eigenvalue weighted by Gasteiger charge is 2.36. The van der Waals surface area contributed by atoms with Gasteiger partial charge in [-0.05, 0) is 72.6 Å². The third-order valence-electron chi connectivity index (χ3n) is 5.98. The summed E-state index contributed by atoms with van der Waals surface area (Å²) in [5, 5.41) is 0. The van der Waals surface area contributed by atoms with Crippen molar-refractivity contribution in [3.05, 3.63) is 83.9 Å². The lowest BCUT2D eigenvalue weighted by molar-refractivity contribution is 0.628. The fourth-order valence-electron chi connectivity index (χ4n) is 4.56. The van der Waals surface area contributed by atoms with Gasteiger partial charge in [-0.1, -0.05) is 72.8 Å². The summed E-state index contributed by atoms with van der Waals surface area (Å²) in [6, 6.07) is 22.1. The van der Waals surface area contributed by atoms with Gasteiger partial charge in [-0.3, -0.25) is 0 Å². The largest absolute Gasteiger partial charge is 0.0851 e. The molecular formula is C24H28Si. The van der Waals surface area contributed by atoms with Crippen LogP contribution in [0.25, 0.3) is 0 Å². The zero-order valence-electron chi connectivity index (χ0n) is 15.0. The highest BCUT2D eigenvalue weighted by Crippen LogP contribution is 2.48. The second-order valence-electron chi connectivity index (χ2n) is 7.80. The Morgan fingerprint density at radius 2 is 1.36 bits per heavy atom. The molecule has 1 saturated carbocycles. The van der Waals surface area contributed by atoms with Crippen LogP contribution in [-0.4, -0.2) is 9.52 Å². The van der Waals surface area contributed by atoms with Crippen molar-refractivity contribution in [3.8, 4) is 0 Å². The molecule has 2 radical (unpaired) electrons. The lowest BCUT2D eigenvalue weighted by Crippen LogP contribution is -2.16. The lowest BCUT2D eigenvalue weighted by Gasteiger charge is -2.24. The van der Waals surface area contributed by atoms with Gasteiger partial charge in [0.05, 0.1) is 0 Å². The van der Waals surface area contributed by atoms with Gasteiger partial charge in [-0.2, -0.15) is 0 Å². The van der Waals surface area contributed by atoms with Gasteiger partial charge >= 0.3 is 0 Å². The number of allylic oxidation sites excluding steroid dienone is 2. The SMILES string of the molecule is C1=CC2CC1CC2[Si]C(CCc1ccccc1)CCc1ccccc1. The Labute approximate surface area is 155 Å². The first-order chi connectivity index (χ1) is 12.4. The molecule has 2 bridgehead atoms. The molecule has 2 aromatic rings. The number of hydrogen-bond donors (Lipinski definition) is 0. The summed E-state index contributed by atoms with van der Waals surface area (Å²) < 4.78 is 0. The topological polar surface area (TPSA) is 0 Å². The molecule has 0 amide bonds. The van der Waals surface area contributed by atoms with Crippen molar-refractivity contribution in [2.24, 2.45) is 11.8 Å². The van der Waals surface area contributed by atoms with Crippen molar-refractivity contribution < 1.29 is 0 Å². The Morgan fingerprint density at radius 3 is 1.84 bits per heavy atom. The van der Waals surface area contributed by atoms with E-state index in [2.05, 4.69) is 72.8 Å². The molecule has 1 fully saturated rings. The van der Waals surface area contributed by atoms with Crippen LogP contribution >= 0.6 is 0 Å². The maximum Gasteiger partial charge on any atom is 0.0455 e. The molecule has 128 valence electrons. The summed E-state index contributed by atoms with van der Waals surface area (Å²) in [5.41, 5.74) is 4.87. The fourth-order valence-corrected chi connectivity index (χ4v) is 6.72. The number of aryl methyl sites for hydroxylation is 2. The Morgan fingerprint density at radius 1 is 0.760 bits per heavy atom. The van der Waals surface area contributed by atoms with E-state index in [0.29, 0.717) is 0 Å². The van der Waals surface area contributed by atoms with E-state index in [-0.39, 0.29) is 0 Å². The second-order valence-corrected chi connectivity index (χ2v) is 9.69. The predicted octanol–water partition coefficient (Wildman–Crippen LogP) is 6.13. The lowest BCUT2D eigenvalue weighted by atomic mass is 10.0. The van der Waals surface area contributed by atoms with Gasteiger partial charge < -0.3 is 0 Å². The molecule has 0 aliphatic heterocycles. The monoisotopic (exact) mass is 344 g/mol. The normalized spacial score (nSPS) is 24.3. The van der Waals surface area contributed by atoms with Crippen LogP contribution in [0.3, 0.4) is 0 Å². The highest BCUT2D eigenvalue weighted by atomic mass is 28.2. The van der Waals surface area contributed by atoms with E-state index >= 15 is 0 Å². The molecule has 2 aromatic carbocycles. The molecule has 2 aliphatic carbocycles. The molecule has 0 N–H and O–H groups in total. The number of rotatable bonds is 8. The van der Waals surface area contributed by atoms with E-state index in [1.807, 2.05) is 0 Å². The minimum absolute atomic E-state index is 0.887. The summed E-state index contributed by atoms with van der Waals surface area (Å²) in [5.74, 6) is 1.81. The molecule has 3 atom stereocenters. The number of fused-ring (bicyclic) bond motifs is 2. The summed E-state index contributed by atoms with van der Waals surface area (Å²) in [4.78, 5) is 0. The number of benzene rings is 2. The van der Waals surface area contributed by atoms with Crippen LogP contribution in [0.1, 0.15) is 36.8 Å². The Hall–Kier alpha value is -1.60. The first kappa shape index (κ1) is 16.8. The van der Waals surface area contributed by atoms with Crippen LogP contribution in [-0.2, 0) is 12.8 Å². The average molecular weight is 345 g/mol. The van der Waals surface area contributed by atoms with Gasteiger partial charge in [0.15, 0.2) is 0 Å². The Kier molecular flexibility index (Phi) is 5.51. The van der Waals surface area contributed by atoms with Crippen molar-refractivity contribution in [1.29, 1.82) is 0 Å². The van der Waals surface area contributed by atoms with Crippen molar-refractivity contribution in [2.45, 2.75) is 49.6 Å². The quantitative estimate of drug-likeness (QED) is 0.399. The minimum Gasteiger partial charge on any atom is -0.0851 e. The molecule has 0 heterocycles. The van der Waals surface area contributed by atoms with Crippen LogP contribution in [0.15, 0.2) is 72.8 Å². The van der Waals surface area contributed by atoms with Crippen LogP contribution in [0.5, 0.6) is 0 Å². The van der Waals surface area contributed by atoms with Gasteiger partial charge in [0, 0.05) is 9.52 Å². The Balaban J connectivity index is 1.36. The summed E-state index contributed by atoms with van der Waals surface area (Å²) in [7, 11) is 1.15. The Bertz CT molecular complexity index is 632. The molecule has 0 spiro atoms. The predicted molar refractivity (Wildman–Crippen MR) is 108 cm³/mol. The first-order valence-corrected chi connectivity index (χ1v) is 11.0. The highest BCUT2D eigenvalue weighted by molar-refractivity contribution is 6.40. The first-order valence-electron chi connectivity index (χ1n) is 9.89. The van der Waals surface area contributed by atoms with E-state index in [4.69, 9.17) is 0 Å². The van der Waals surface area contributed by atoms with Crippen LogP contribution in [0.2, 0.25) is 11.1 Å². The molecular weight excluding hydrogens is 316 g/mol. The maximum atomic E-state index is 2.53. The van der Waals surface area contributed by atoms with Crippen LogP contribution in [0, 0.1) is 11.8 Å². The van der Waals surface area contributed by atoms with Crippen LogP contribution in [0.4, 0.5) is 0 Å². The van der Waals surface area contributed by atoms with Gasteiger partial charge in [-0.25, -0.2) is 0 Å². The van der Waals surface area contributed by atoms with Gasteiger partial charge in [0.2, 0.25) is 0 Å². The van der Waals surface area contributed by atoms with Crippen molar-refractivity contribution >= 4 is 9.52 Å². The second kappa shape index (κ2) is 8.18. The zero-order chi connectivity index (χ0) is 16.9. The third kappa shape index (κ3) is 4.52. The standard InChI is InChI=1S/C24H28Si/c1-3-7-19(8-4-1)12-15-23(16-13-20-9-5-2-6-10-20)25-24-18-21-11-14-22(24)17-21/h1-11,14,21-24H,12-13,15-18H2. The van der Waals surface area contributed by atoms with Crippen molar-refractivity contribution in [2.75, 3.05) is 0 Å². The maximum absolute atomic E-state index is 2.53. The molecule has 3 unspecified atom stereocenters. The zero-order valence-corrected chi connectivity index (χ0v) is 16.0. The van der Waals surface area contributed by atoms with Crippen molar-refractivity contribution in [1.82, 2.24) is 0 Å². The molecule has 0 aromatic heterocycles. The molecule has 4 rings (SSSR count). The van der Waals surface area contributed by atoms with Gasteiger partial charge in [-0.15, -0.1) is 0 Å². The average Bonchev–Trinajstić information content (AvgIpc) is 3.29. The summed E-state index contributed by atoms with van der Waals surface area (Å²) in [6.07, 6.45) is 13.1. The molecule has 25 heavy (non-hydrogen) atoms. The van der Waals surface area contributed by atoms with E-state index in [1.54, 1.807) is 0 Å². The van der Waals surface area contributed by atoms with E-state index in [9.17, 15) is 0 Å². The van der Waals surface area contributed by atoms with Crippen molar-refractivity contribution in [3.63, 3.8) is 0 Å². The van der Waals surface area contributed by atoms with Crippen LogP contribution < -0.4 is 0 Å². The van der Waals surface area contributed by atoms with Gasteiger partial charge in [0.1, 0.15) is 0 Å².